The van der Waals surface area contributed by atoms with Crippen LogP contribution in [0, 0.1) is 11.8 Å². The van der Waals surface area contributed by atoms with Gasteiger partial charge in [-0.2, -0.15) is 4.31 Å². The third-order valence-electron chi connectivity index (χ3n) is 5.91. The lowest BCUT2D eigenvalue weighted by molar-refractivity contribution is 0.0657. The SMILES string of the molecule is COc1ccc(C(=O)NCc2cccc(COC(C)C)c2)cc1S(=O)(=O)N1CC(C)CC(C)C1. The van der Waals surface area contributed by atoms with Crippen LogP contribution >= 0.6 is 0 Å². The lowest BCUT2D eigenvalue weighted by Gasteiger charge is -2.34. The Morgan fingerprint density at radius 1 is 1.09 bits per heavy atom. The molecule has 186 valence electrons. The van der Waals surface area contributed by atoms with Crippen molar-refractivity contribution in [1.29, 1.82) is 0 Å². The predicted octanol–water partition coefficient (Wildman–Crippen LogP) is 4.22. The minimum absolute atomic E-state index is 0.0248. The summed E-state index contributed by atoms with van der Waals surface area (Å²) in [6.07, 6.45) is 1.14. The number of amides is 1. The Morgan fingerprint density at radius 3 is 2.41 bits per heavy atom. The summed E-state index contributed by atoms with van der Waals surface area (Å²) >= 11 is 0. The van der Waals surface area contributed by atoms with Crippen LogP contribution in [0.4, 0.5) is 0 Å². The van der Waals surface area contributed by atoms with Crippen molar-refractivity contribution in [2.24, 2.45) is 11.8 Å². The van der Waals surface area contributed by atoms with Gasteiger partial charge in [-0.15, -0.1) is 0 Å². The van der Waals surface area contributed by atoms with Crippen molar-refractivity contribution in [1.82, 2.24) is 9.62 Å². The summed E-state index contributed by atoms with van der Waals surface area (Å²) in [5.74, 6) is 0.444. The zero-order valence-corrected chi connectivity index (χ0v) is 21.5. The fourth-order valence-corrected chi connectivity index (χ4v) is 6.20. The first-order valence-corrected chi connectivity index (χ1v) is 13.2. The van der Waals surface area contributed by atoms with Crippen molar-refractivity contribution in [2.75, 3.05) is 20.2 Å². The molecular formula is C26H36N2O5S. The minimum Gasteiger partial charge on any atom is -0.495 e. The van der Waals surface area contributed by atoms with E-state index in [4.69, 9.17) is 9.47 Å². The standard InChI is InChI=1S/C26H36N2O5S/c1-18(2)33-17-22-8-6-7-21(12-22)14-27-26(29)23-9-10-24(32-5)25(13-23)34(30,31)28-15-19(3)11-20(4)16-28/h6-10,12-13,18-20H,11,14-17H2,1-5H3,(H,27,29). The molecule has 0 saturated carbocycles. The highest BCUT2D eigenvalue weighted by molar-refractivity contribution is 7.89. The molecule has 2 unspecified atom stereocenters. The second-order valence-corrected chi connectivity index (χ2v) is 11.4. The van der Waals surface area contributed by atoms with Crippen LogP contribution in [0.5, 0.6) is 5.75 Å². The summed E-state index contributed by atoms with van der Waals surface area (Å²) in [5, 5.41) is 2.89. The molecule has 1 aliphatic heterocycles. The fraction of sp³-hybridized carbons (Fsp3) is 0.500. The average Bonchev–Trinajstić information content (AvgIpc) is 2.80. The van der Waals surface area contributed by atoms with Gasteiger partial charge in [0.05, 0.1) is 19.8 Å². The number of ether oxygens (including phenoxy) is 2. The van der Waals surface area contributed by atoms with Gasteiger partial charge in [0, 0.05) is 25.2 Å². The predicted molar refractivity (Wildman–Crippen MR) is 132 cm³/mol. The molecule has 2 aromatic rings. The minimum atomic E-state index is -3.80. The second-order valence-electron chi connectivity index (χ2n) is 9.50. The smallest absolute Gasteiger partial charge is 0.251 e. The lowest BCUT2D eigenvalue weighted by Crippen LogP contribution is -2.42. The molecule has 1 N–H and O–H groups in total. The van der Waals surface area contributed by atoms with Gasteiger partial charge in [0.15, 0.2) is 0 Å². The number of hydrogen-bond acceptors (Lipinski definition) is 5. The molecule has 3 rings (SSSR count). The van der Waals surface area contributed by atoms with E-state index in [9.17, 15) is 13.2 Å². The summed E-state index contributed by atoms with van der Waals surface area (Å²) in [4.78, 5) is 12.9. The number of methoxy groups -OCH3 is 1. The molecule has 0 radical (unpaired) electrons. The van der Waals surface area contributed by atoms with Crippen LogP contribution in [0.15, 0.2) is 47.4 Å². The van der Waals surface area contributed by atoms with Gasteiger partial charge < -0.3 is 14.8 Å². The quantitative estimate of drug-likeness (QED) is 0.571. The van der Waals surface area contributed by atoms with E-state index in [1.807, 2.05) is 38.1 Å². The van der Waals surface area contributed by atoms with Crippen molar-refractivity contribution in [3.8, 4) is 5.75 Å². The summed E-state index contributed by atoms with van der Waals surface area (Å²) in [6, 6.07) is 12.4. The number of sulfonamides is 1. The van der Waals surface area contributed by atoms with Crippen LogP contribution < -0.4 is 10.1 Å². The molecule has 2 aromatic carbocycles. The summed E-state index contributed by atoms with van der Waals surface area (Å²) in [6.45, 7) is 9.84. The summed E-state index contributed by atoms with van der Waals surface area (Å²) in [5.41, 5.74) is 2.25. The van der Waals surface area contributed by atoms with Crippen molar-refractivity contribution < 1.29 is 22.7 Å². The number of carbonyl (C=O) groups excluding carboxylic acids is 1. The Bertz CT molecular complexity index is 1090. The Morgan fingerprint density at radius 2 is 1.76 bits per heavy atom. The van der Waals surface area contributed by atoms with Crippen molar-refractivity contribution in [2.45, 2.75) is 58.3 Å². The molecule has 7 nitrogen and oxygen atoms in total. The maximum atomic E-state index is 13.5. The highest BCUT2D eigenvalue weighted by Crippen LogP contribution is 2.32. The number of rotatable bonds is 9. The normalized spacial score (nSPS) is 19.2. The Labute approximate surface area is 203 Å². The maximum absolute atomic E-state index is 13.5. The van der Waals surface area contributed by atoms with Crippen LogP contribution in [0.2, 0.25) is 0 Å². The number of hydrogen-bond donors (Lipinski definition) is 1. The molecule has 1 amide bonds. The van der Waals surface area contributed by atoms with Gasteiger partial charge in [-0.25, -0.2) is 8.42 Å². The molecule has 1 aliphatic rings. The van der Waals surface area contributed by atoms with E-state index in [1.54, 1.807) is 12.1 Å². The Hall–Kier alpha value is -2.42. The van der Waals surface area contributed by atoms with Crippen LogP contribution in [-0.4, -0.2) is 44.9 Å². The van der Waals surface area contributed by atoms with E-state index in [0.717, 1.165) is 17.5 Å². The summed E-state index contributed by atoms with van der Waals surface area (Å²) < 4.78 is 39.4. The van der Waals surface area contributed by atoms with E-state index < -0.39 is 10.0 Å². The van der Waals surface area contributed by atoms with Gasteiger partial charge >= 0.3 is 0 Å². The highest BCUT2D eigenvalue weighted by atomic mass is 32.2. The first kappa shape index (κ1) is 26.2. The molecule has 0 aliphatic carbocycles. The molecular weight excluding hydrogens is 452 g/mol. The fourth-order valence-electron chi connectivity index (χ4n) is 4.34. The van der Waals surface area contributed by atoms with Crippen LogP contribution in [0.25, 0.3) is 0 Å². The van der Waals surface area contributed by atoms with Crippen molar-refractivity contribution >= 4 is 15.9 Å². The molecule has 0 bridgehead atoms. The number of nitrogens with one attached hydrogen (secondary N) is 1. The number of benzene rings is 2. The van der Waals surface area contributed by atoms with Gasteiger partial charge in [0.2, 0.25) is 10.0 Å². The third kappa shape index (κ3) is 6.58. The Balaban J connectivity index is 1.76. The molecule has 0 spiro atoms. The molecule has 2 atom stereocenters. The molecule has 0 aromatic heterocycles. The van der Waals surface area contributed by atoms with Gasteiger partial charge in [0.25, 0.3) is 5.91 Å². The number of carbonyl (C=O) groups is 1. The average molecular weight is 489 g/mol. The molecule has 8 heteroatoms. The third-order valence-corrected chi connectivity index (χ3v) is 7.76. The first-order valence-electron chi connectivity index (χ1n) is 11.8. The molecule has 1 saturated heterocycles. The van der Waals surface area contributed by atoms with Crippen LogP contribution in [0.1, 0.15) is 55.6 Å². The van der Waals surface area contributed by atoms with E-state index in [-0.39, 0.29) is 40.1 Å². The van der Waals surface area contributed by atoms with Gasteiger partial charge in [0.1, 0.15) is 10.6 Å². The second kappa shape index (κ2) is 11.3. The van der Waals surface area contributed by atoms with E-state index >= 15 is 0 Å². The van der Waals surface area contributed by atoms with Gasteiger partial charge in [-0.05, 0) is 61.4 Å². The molecule has 1 fully saturated rings. The van der Waals surface area contributed by atoms with Crippen LogP contribution in [-0.2, 0) is 27.9 Å². The molecule has 34 heavy (non-hydrogen) atoms. The maximum Gasteiger partial charge on any atom is 0.251 e. The zero-order chi connectivity index (χ0) is 24.9. The van der Waals surface area contributed by atoms with Gasteiger partial charge in [-0.3, -0.25) is 4.79 Å². The number of piperidine rings is 1. The zero-order valence-electron chi connectivity index (χ0n) is 20.7. The monoisotopic (exact) mass is 488 g/mol. The van der Waals surface area contributed by atoms with Gasteiger partial charge in [-0.1, -0.05) is 38.1 Å². The molecule has 1 heterocycles. The van der Waals surface area contributed by atoms with E-state index in [0.29, 0.717) is 26.2 Å². The lowest BCUT2D eigenvalue weighted by atomic mass is 9.94. The first-order chi connectivity index (χ1) is 16.1. The Kier molecular flexibility index (Phi) is 8.73. The van der Waals surface area contributed by atoms with E-state index in [1.165, 1.54) is 17.5 Å². The highest BCUT2D eigenvalue weighted by Gasteiger charge is 2.34. The van der Waals surface area contributed by atoms with Crippen molar-refractivity contribution in [3.05, 3.63) is 59.2 Å². The van der Waals surface area contributed by atoms with Crippen LogP contribution in [0.3, 0.4) is 0 Å². The summed E-state index contributed by atoms with van der Waals surface area (Å²) in [7, 11) is -2.36. The van der Waals surface area contributed by atoms with E-state index in [2.05, 4.69) is 19.2 Å². The topological polar surface area (TPSA) is 84.9 Å². The van der Waals surface area contributed by atoms with Crippen molar-refractivity contribution in [3.63, 3.8) is 0 Å². The number of nitrogens with zero attached hydrogens (tertiary/aromatic N) is 1. The largest absolute Gasteiger partial charge is 0.495 e.